The lowest BCUT2D eigenvalue weighted by molar-refractivity contribution is -0.121. The maximum absolute atomic E-state index is 12.2. The second-order valence-corrected chi connectivity index (χ2v) is 7.49. The molecule has 3 rings (SSSR count). The van der Waals surface area contributed by atoms with Gasteiger partial charge in [0.05, 0.1) is 6.54 Å². The summed E-state index contributed by atoms with van der Waals surface area (Å²) in [4.78, 5) is 28.7. The van der Waals surface area contributed by atoms with Crippen LogP contribution in [-0.4, -0.2) is 55.6 Å². The SMILES string of the molecule is C[C@H]1CCCC[C@H]1NC(=O)NC(=O)CN1CCN(c2ccccc2)CC1. The van der Waals surface area contributed by atoms with Gasteiger partial charge in [-0.2, -0.15) is 0 Å². The van der Waals surface area contributed by atoms with Crippen molar-refractivity contribution in [1.29, 1.82) is 0 Å². The van der Waals surface area contributed by atoms with Crippen molar-refractivity contribution in [2.24, 2.45) is 5.92 Å². The van der Waals surface area contributed by atoms with E-state index in [4.69, 9.17) is 0 Å². The van der Waals surface area contributed by atoms with Crippen LogP contribution < -0.4 is 15.5 Å². The highest BCUT2D eigenvalue weighted by Crippen LogP contribution is 2.23. The molecule has 26 heavy (non-hydrogen) atoms. The number of carbonyl (C=O) groups excluding carboxylic acids is 2. The number of nitrogens with one attached hydrogen (secondary N) is 2. The fourth-order valence-corrected chi connectivity index (χ4v) is 3.91. The first-order chi connectivity index (χ1) is 12.6. The first-order valence-electron chi connectivity index (χ1n) is 9.74. The van der Waals surface area contributed by atoms with Crippen molar-refractivity contribution in [2.75, 3.05) is 37.6 Å². The van der Waals surface area contributed by atoms with Gasteiger partial charge in [0.15, 0.2) is 0 Å². The molecule has 0 spiro atoms. The van der Waals surface area contributed by atoms with Crippen LogP contribution in [0.15, 0.2) is 30.3 Å². The Hall–Kier alpha value is -2.08. The Labute approximate surface area is 155 Å². The highest BCUT2D eigenvalue weighted by atomic mass is 16.2. The summed E-state index contributed by atoms with van der Waals surface area (Å²) in [6, 6.07) is 10.2. The number of rotatable bonds is 4. The number of nitrogens with zero attached hydrogens (tertiary/aromatic N) is 2. The van der Waals surface area contributed by atoms with Crippen molar-refractivity contribution in [2.45, 2.75) is 38.6 Å². The fraction of sp³-hybridized carbons (Fsp3) is 0.600. The number of carbonyl (C=O) groups is 2. The molecule has 1 aliphatic heterocycles. The summed E-state index contributed by atoms with van der Waals surface area (Å²) in [5.41, 5.74) is 1.22. The molecule has 1 saturated heterocycles. The second kappa shape index (κ2) is 9.03. The number of imide groups is 1. The van der Waals surface area contributed by atoms with Crippen LogP contribution >= 0.6 is 0 Å². The molecule has 142 valence electrons. The van der Waals surface area contributed by atoms with Crippen molar-refractivity contribution in [3.63, 3.8) is 0 Å². The van der Waals surface area contributed by atoms with E-state index in [0.717, 1.165) is 45.4 Å². The van der Waals surface area contributed by atoms with E-state index in [9.17, 15) is 9.59 Å². The Balaban J connectivity index is 1.38. The van der Waals surface area contributed by atoms with Crippen molar-refractivity contribution >= 4 is 17.6 Å². The number of hydrogen-bond acceptors (Lipinski definition) is 4. The van der Waals surface area contributed by atoms with Gasteiger partial charge in [-0.15, -0.1) is 0 Å². The van der Waals surface area contributed by atoms with Gasteiger partial charge < -0.3 is 10.2 Å². The molecule has 0 radical (unpaired) electrons. The van der Waals surface area contributed by atoms with E-state index in [1.807, 2.05) is 18.2 Å². The molecule has 2 aliphatic rings. The predicted molar refractivity (Wildman–Crippen MR) is 103 cm³/mol. The van der Waals surface area contributed by atoms with Crippen LogP contribution in [0.25, 0.3) is 0 Å². The largest absolute Gasteiger partial charge is 0.369 e. The predicted octanol–water partition coefficient (Wildman–Crippen LogP) is 2.21. The van der Waals surface area contributed by atoms with E-state index < -0.39 is 0 Å². The number of anilines is 1. The van der Waals surface area contributed by atoms with Crippen molar-refractivity contribution in [3.05, 3.63) is 30.3 Å². The maximum atomic E-state index is 12.2. The molecule has 2 N–H and O–H groups in total. The van der Waals surface area contributed by atoms with Gasteiger partial charge in [-0.1, -0.05) is 38.0 Å². The Morgan fingerprint density at radius 1 is 1.04 bits per heavy atom. The van der Waals surface area contributed by atoms with Gasteiger partial charge in [0.1, 0.15) is 0 Å². The van der Waals surface area contributed by atoms with Crippen molar-refractivity contribution < 1.29 is 9.59 Å². The van der Waals surface area contributed by atoms with Crippen LogP contribution in [0, 0.1) is 5.92 Å². The maximum Gasteiger partial charge on any atom is 0.321 e. The summed E-state index contributed by atoms with van der Waals surface area (Å²) >= 11 is 0. The molecule has 1 aromatic carbocycles. The third-order valence-corrected chi connectivity index (χ3v) is 5.54. The summed E-state index contributed by atoms with van der Waals surface area (Å²) in [5, 5.41) is 5.46. The topological polar surface area (TPSA) is 64.7 Å². The van der Waals surface area contributed by atoms with Gasteiger partial charge in [0, 0.05) is 37.9 Å². The third kappa shape index (κ3) is 5.21. The molecule has 3 amide bonds. The molecule has 0 bridgehead atoms. The number of urea groups is 1. The highest BCUT2D eigenvalue weighted by Gasteiger charge is 2.24. The minimum absolute atomic E-state index is 0.186. The van der Waals surface area contributed by atoms with Crippen LogP contribution in [0.4, 0.5) is 10.5 Å². The molecule has 0 aromatic heterocycles. The van der Waals surface area contributed by atoms with E-state index in [1.54, 1.807) is 0 Å². The van der Waals surface area contributed by atoms with E-state index >= 15 is 0 Å². The monoisotopic (exact) mass is 358 g/mol. The van der Waals surface area contributed by atoms with Crippen LogP contribution in [-0.2, 0) is 4.79 Å². The molecule has 6 nitrogen and oxygen atoms in total. The zero-order valence-electron chi connectivity index (χ0n) is 15.6. The van der Waals surface area contributed by atoms with Crippen LogP contribution in [0.2, 0.25) is 0 Å². The van der Waals surface area contributed by atoms with Gasteiger partial charge in [0.2, 0.25) is 5.91 Å². The molecule has 2 atom stereocenters. The normalized spacial score (nSPS) is 24.1. The molecule has 1 aliphatic carbocycles. The first kappa shape index (κ1) is 18.7. The summed E-state index contributed by atoms with van der Waals surface area (Å²) in [7, 11) is 0. The minimum atomic E-state index is -0.350. The van der Waals surface area contributed by atoms with E-state index in [1.165, 1.54) is 12.1 Å². The number of amides is 3. The first-order valence-corrected chi connectivity index (χ1v) is 9.74. The standard InChI is InChI=1S/C20H30N4O2/c1-16-7-5-6-10-18(16)21-20(26)22-19(25)15-23-11-13-24(14-12-23)17-8-3-2-4-9-17/h2-4,8-9,16,18H,5-7,10-15H2,1H3,(H2,21,22,25,26)/t16-,18+/m0/s1. The number of piperazine rings is 1. The van der Waals surface area contributed by atoms with Gasteiger partial charge in [-0.25, -0.2) is 4.79 Å². The fourth-order valence-electron chi connectivity index (χ4n) is 3.91. The third-order valence-electron chi connectivity index (χ3n) is 5.54. The minimum Gasteiger partial charge on any atom is -0.369 e. The zero-order valence-corrected chi connectivity index (χ0v) is 15.6. The number of hydrogen-bond donors (Lipinski definition) is 2. The summed E-state index contributed by atoms with van der Waals surface area (Å²) in [6.07, 6.45) is 4.53. The lowest BCUT2D eigenvalue weighted by Gasteiger charge is -2.35. The van der Waals surface area contributed by atoms with Gasteiger partial charge in [0.25, 0.3) is 0 Å². The Morgan fingerprint density at radius 3 is 2.42 bits per heavy atom. The average molecular weight is 358 g/mol. The zero-order chi connectivity index (χ0) is 18.4. The average Bonchev–Trinajstić information content (AvgIpc) is 2.65. The Kier molecular flexibility index (Phi) is 6.50. The molecule has 1 heterocycles. The quantitative estimate of drug-likeness (QED) is 0.866. The summed E-state index contributed by atoms with van der Waals surface area (Å²) in [6.45, 7) is 5.87. The van der Waals surface area contributed by atoms with Crippen LogP contribution in [0.3, 0.4) is 0 Å². The van der Waals surface area contributed by atoms with Gasteiger partial charge in [-0.05, 0) is 30.9 Å². The smallest absolute Gasteiger partial charge is 0.321 e. The van der Waals surface area contributed by atoms with Gasteiger partial charge in [-0.3, -0.25) is 15.0 Å². The summed E-state index contributed by atoms with van der Waals surface area (Å²) < 4.78 is 0. The van der Waals surface area contributed by atoms with Crippen molar-refractivity contribution in [1.82, 2.24) is 15.5 Å². The van der Waals surface area contributed by atoms with E-state index in [0.29, 0.717) is 5.92 Å². The molecule has 1 aromatic rings. The van der Waals surface area contributed by atoms with Crippen molar-refractivity contribution in [3.8, 4) is 0 Å². The molecule has 2 fully saturated rings. The molecular weight excluding hydrogens is 328 g/mol. The Morgan fingerprint density at radius 2 is 1.73 bits per heavy atom. The summed E-state index contributed by atoms with van der Waals surface area (Å²) in [5.74, 6) is 0.259. The molecule has 0 unspecified atom stereocenters. The number of para-hydroxylation sites is 1. The molecule has 6 heteroatoms. The highest BCUT2D eigenvalue weighted by molar-refractivity contribution is 5.95. The molecule has 1 saturated carbocycles. The number of benzene rings is 1. The van der Waals surface area contributed by atoms with E-state index in [2.05, 4.69) is 39.5 Å². The van der Waals surface area contributed by atoms with Crippen LogP contribution in [0.5, 0.6) is 0 Å². The lowest BCUT2D eigenvalue weighted by atomic mass is 9.86. The lowest BCUT2D eigenvalue weighted by Crippen LogP contribution is -2.52. The van der Waals surface area contributed by atoms with Crippen LogP contribution in [0.1, 0.15) is 32.6 Å². The Bertz CT molecular complexity index is 599. The second-order valence-electron chi connectivity index (χ2n) is 7.49. The van der Waals surface area contributed by atoms with E-state index in [-0.39, 0.29) is 24.5 Å². The molecular formula is C20H30N4O2. The van der Waals surface area contributed by atoms with Gasteiger partial charge >= 0.3 is 6.03 Å².